The van der Waals surface area contributed by atoms with Gasteiger partial charge in [-0.25, -0.2) is 4.98 Å². The molecular weight excluding hydrogens is 288 g/mol. The van der Waals surface area contributed by atoms with E-state index in [9.17, 15) is 4.79 Å². The Morgan fingerprint density at radius 3 is 2.70 bits per heavy atom. The van der Waals surface area contributed by atoms with Gasteiger partial charge in [0.2, 0.25) is 0 Å². The van der Waals surface area contributed by atoms with E-state index >= 15 is 0 Å². The van der Waals surface area contributed by atoms with Gasteiger partial charge in [0.1, 0.15) is 10.3 Å². The van der Waals surface area contributed by atoms with Crippen LogP contribution in [-0.2, 0) is 0 Å². The van der Waals surface area contributed by atoms with Crippen molar-refractivity contribution in [2.75, 3.05) is 12.3 Å². The lowest BCUT2D eigenvalue weighted by molar-refractivity contribution is 0.0764. The lowest BCUT2D eigenvalue weighted by atomic mass is 10.2. The fourth-order valence-electron chi connectivity index (χ4n) is 2.43. The number of carbonyl (C=O) groups excluding carboxylic acids is 1. The van der Waals surface area contributed by atoms with Gasteiger partial charge >= 0.3 is 0 Å². The van der Waals surface area contributed by atoms with E-state index in [4.69, 9.17) is 0 Å². The fourth-order valence-corrected chi connectivity index (χ4v) is 4.56. The van der Waals surface area contributed by atoms with Crippen molar-refractivity contribution in [1.29, 1.82) is 0 Å². The Kier molecular flexibility index (Phi) is 3.81. The van der Waals surface area contributed by atoms with Crippen molar-refractivity contribution in [3.63, 3.8) is 0 Å². The van der Waals surface area contributed by atoms with E-state index in [1.54, 1.807) is 0 Å². The van der Waals surface area contributed by atoms with Crippen LogP contribution in [0.1, 0.15) is 31.3 Å². The number of carbonyl (C=O) groups is 1. The number of hydrogen-bond donors (Lipinski definition) is 0. The van der Waals surface area contributed by atoms with Gasteiger partial charge in [-0.2, -0.15) is 0 Å². The third kappa shape index (κ3) is 2.47. The van der Waals surface area contributed by atoms with Gasteiger partial charge in [0.15, 0.2) is 0 Å². The minimum absolute atomic E-state index is 0.118. The molecule has 1 unspecified atom stereocenters. The van der Waals surface area contributed by atoms with Gasteiger partial charge in [-0.05, 0) is 19.4 Å². The summed E-state index contributed by atoms with van der Waals surface area (Å²) in [6.45, 7) is 4.67. The second-order valence-electron chi connectivity index (χ2n) is 4.78. The molecule has 2 aromatic rings. The fraction of sp³-hybridized carbons (Fsp3) is 0.333. The Morgan fingerprint density at radius 1 is 1.30 bits per heavy atom. The van der Waals surface area contributed by atoms with E-state index in [0.717, 1.165) is 27.9 Å². The first kappa shape index (κ1) is 13.6. The van der Waals surface area contributed by atoms with Gasteiger partial charge in [0, 0.05) is 12.3 Å². The van der Waals surface area contributed by atoms with Crippen LogP contribution in [0.2, 0.25) is 0 Å². The summed E-state index contributed by atoms with van der Waals surface area (Å²) >= 11 is 3.32. The number of aromatic nitrogens is 1. The van der Waals surface area contributed by atoms with Crippen molar-refractivity contribution in [2.24, 2.45) is 0 Å². The van der Waals surface area contributed by atoms with Crippen LogP contribution < -0.4 is 0 Å². The summed E-state index contributed by atoms with van der Waals surface area (Å²) in [5.74, 6) is 1.11. The molecule has 1 saturated heterocycles. The summed E-state index contributed by atoms with van der Waals surface area (Å²) in [4.78, 5) is 19.9. The van der Waals surface area contributed by atoms with E-state index in [1.807, 2.05) is 48.7 Å². The quantitative estimate of drug-likeness (QED) is 0.849. The summed E-state index contributed by atoms with van der Waals surface area (Å²) in [6.07, 6.45) is 0. The van der Waals surface area contributed by atoms with Gasteiger partial charge in [-0.15, -0.1) is 23.1 Å². The van der Waals surface area contributed by atoms with Gasteiger partial charge < -0.3 is 4.90 Å². The van der Waals surface area contributed by atoms with E-state index in [1.165, 1.54) is 16.9 Å². The molecule has 1 amide bonds. The van der Waals surface area contributed by atoms with Crippen molar-refractivity contribution in [2.45, 2.75) is 19.2 Å². The highest BCUT2D eigenvalue weighted by molar-refractivity contribution is 7.99. The summed E-state index contributed by atoms with van der Waals surface area (Å²) in [5.41, 5.74) is 2.04. The molecule has 0 bridgehead atoms. The smallest absolute Gasteiger partial charge is 0.267 e. The molecule has 5 heteroatoms. The van der Waals surface area contributed by atoms with Crippen molar-refractivity contribution >= 4 is 29.0 Å². The second-order valence-corrected chi connectivity index (χ2v) is 7.17. The Bertz CT molecular complexity index is 624. The second kappa shape index (κ2) is 5.58. The molecule has 0 radical (unpaired) electrons. The number of benzene rings is 1. The zero-order valence-corrected chi connectivity index (χ0v) is 13.1. The topological polar surface area (TPSA) is 33.2 Å². The minimum atomic E-state index is 0.118. The highest BCUT2D eigenvalue weighted by Gasteiger charge is 2.32. The molecule has 0 N–H and O–H groups in total. The molecule has 1 aliphatic heterocycles. The van der Waals surface area contributed by atoms with E-state index in [-0.39, 0.29) is 11.3 Å². The van der Waals surface area contributed by atoms with Crippen LogP contribution in [0.15, 0.2) is 30.3 Å². The molecule has 1 aromatic carbocycles. The molecule has 1 atom stereocenters. The molecule has 2 heterocycles. The Labute approximate surface area is 127 Å². The number of aryl methyl sites for hydroxylation is 2. The predicted molar refractivity (Wildman–Crippen MR) is 84.3 cm³/mol. The highest BCUT2D eigenvalue weighted by atomic mass is 32.2. The van der Waals surface area contributed by atoms with Gasteiger partial charge in [0.05, 0.1) is 10.7 Å². The first-order valence-corrected chi connectivity index (χ1v) is 8.45. The van der Waals surface area contributed by atoms with Gasteiger partial charge in [0.25, 0.3) is 5.91 Å². The van der Waals surface area contributed by atoms with Crippen LogP contribution in [0.3, 0.4) is 0 Å². The van der Waals surface area contributed by atoms with Crippen LogP contribution in [0.25, 0.3) is 0 Å². The molecule has 3 nitrogen and oxygen atoms in total. The van der Waals surface area contributed by atoms with Crippen molar-refractivity contribution in [3.05, 3.63) is 51.5 Å². The number of rotatable bonds is 2. The summed E-state index contributed by atoms with van der Waals surface area (Å²) < 4.78 is 0. The lowest BCUT2D eigenvalue weighted by Gasteiger charge is -2.23. The average Bonchev–Trinajstić information content (AvgIpc) is 3.05. The molecule has 3 rings (SSSR count). The Balaban J connectivity index is 1.89. The number of hydrogen-bond acceptors (Lipinski definition) is 4. The summed E-state index contributed by atoms with van der Waals surface area (Å²) in [7, 11) is 0. The van der Waals surface area contributed by atoms with E-state index < -0.39 is 0 Å². The zero-order chi connectivity index (χ0) is 14.1. The number of thioether (sulfide) groups is 1. The molecular formula is C15H16N2OS2. The van der Waals surface area contributed by atoms with Crippen molar-refractivity contribution in [1.82, 2.24) is 9.88 Å². The first-order chi connectivity index (χ1) is 9.66. The third-order valence-electron chi connectivity index (χ3n) is 3.33. The van der Waals surface area contributed by atoms with Crippen molar-refractivity contribution in [3.8, 4) is 0 Å². The molecule has 0 saturated carbocycles. The predicted octanol–water partition coefficient (Wildman–Crippen LogP) is 3.65. The SMILES string of the molecule is Cc1nc(C)c(C(=O)N2CCSC2c2ccccc2)s1. The summed E-state index contributed by atoms with van der Waals surface area (Å²) in [5, 5.41) is 1.08. The third-order valence-corrected chi connectivity index (χ3v) is 5.66. The molecule has 1 aliphatic rings. The largest absolute Gasteiger partial charge is 0.321 e. The number of amides is 1. The number of nitrogens with zero attached hydrogens (tertiary/aromatic N) is 2. The minimum Gasteiger partial charge on any atom is -0.321 e. The monoisotopic (exact) mass is 304 g/mol. The Hall–Kier alpha value is -1.33. The maximum Gasteiger partial charge on any atom is 0.267 e. The van der Waals surface area contributed by atoms with E-state index in [2.05, 4.69) is 17.1 Å². The standard InChI is InChI=1S/C15H16N2OS2/c1-10-13(20-11(2)16-10)14(18)17-8-9-19-15(17)12-6-4-3-5-7-12/h3-7,15H,8-9H2,1-2H3. The number of thiazole rings is 1. The normalized spacial score (nSPS) is 18.5. The van der Waals surface area contributed by atoms with Crippen LogP contribution in [0, 0.1) is 13.8 Å². The van der Waals surface area contributed by atoms with Gasteiger partial charge in [-0.3, -0.25) is 4.79 Å². The molecule has 0 aliphatic carbocycles. The van der Waals surface area contributed by atoms with E-state index in [0.29, 0.717) is 0 Å². The molecule has 0 spiro atoms. The van der Waals surface area contributed by atoms with Gasteiger partial charge in [-0.1, -0.05) is 30.3 Å². The lowest BCUT2D eigenvalue weighted by Crippen LogP contribution is -2.30. The van der Waals surface area contributed by atoms with Crippen LogP contribution in [0.4, 0.5) is 0 Å². The molecule has 20 heavy (non-hydrogen) atoms. The molecule has 104 valence electrons. The molecule has 1 aromatic heterocycles. The average molecular weight is 304 g/mol. The molecule has 1 fully saturated rings. The zero-order valence-electron chi connectivity index (χ0n) is 11.5. The van der Waals surface area contributed by atoms with Crippen LogP contribution in [-0.4, -0.2) is 28.1 Å². The highest BCUT2D eigenvalue weighted by Crippen LogP contribution is 2.39. The van der Waals surface area contributed by atoms with Crippen LogP contribution >= 0.6 is 23.1 Å². The Morgan fingerprint density at radius 2 is 2.05 bits per heavy atom. The maximum atomic E-state index is 12.7. The van der Waals surface area contributed by atoms with Crippen molar-refractivity contribution < 1.29 is 4.79 Å². The summed E-state index contributed by atoms with van der Waals surface area (Å²) in [6, 6.07) is 10.2. The first-order valence-electron chi connectivity index (χ1n) is 6.58. The maximum absolute atomic E-state index is 12.7. The van der Waals surface area contributed by atoms with Crippen LogP contribution in [0.5, 0.6) is 0 Å².